The van der Waals surface area contributed by atoms with Crippen molar-refractivity contribution in [2.45, 2.75) is 18.9 Å². The number of hydrogen-bond donors (Lipinski definition) is 2. The molecule has 1 aliphatic heterocycles. The van der Waals surface area contributed by atoms with E-state index in [9.17, 15) is 9.18 Å². The van der Waals surface area contributed by atoms with E-state index in [2.05, 4.69) is 21.2 Å². The zero-order valence-corrected chi connectivity index (χ0v) is 16.2. The molecule has 5 nitrogen and oxygen atoms in total. The maximum absolute atomic E-state index is 15.3. The van der Waals surface area contributed by atoms with Gasteiger partial charge in [0.15, 0.2) is 5.96 Å². The second kappa shape index (κ2) is 6.45. The zero-order chi connectivity index (χ0) is 19.2. The van der Waals surface area contributed by atoms with Crippen molar-refractivity contribution >= 4 is 39.1 Å². The molecule has 2 heterocycles. The molecular weight excluding hydrogens is 426 g/mol. The van der Waals surface area contributed by atoms with E-state index in [1.54, 1.807) is 13.0 Å². The molecule has 0 unspecified atom stereocenters. The van der Waals surface area contributed by atoms with Gasteiger partial charge in [-0.1, -0.05) is 6.07 Å². The van der Waals surface area contributed by atoms with Crippen LogP contribution < -0.4 is 5.32 Å². The van der Waals surface area contributed by atoms with E-state index in [1.807, 2.05) is 0 Å². The first-order valence-electron chi connectivity index (χ1n) is 7.49. The van der Waals surface area contributed by atoms with E-state index in [-0.39, 0.29) is 34.3 Å². The second-order valence-electron chi connectivity index (χ2n) is 6.14. The molecule has 0 radical (unpaired) electrons. The van der Waals surface area contributed by atoms with Crippen LogP contribution in [0.2, 0.25) is 0 Å². The summed E-state index contributed by atoms with van der Waals surface area (Å²) in [6, 6.07) is 5.54. The predicted octanol–water partition coefficient (Wildman–Crippen LogP) is 3.93. The van der Waals surface area contributed by atoms with E-state index in [0.29, 0.717) is 9.35 Å². The van der Waals surface area contributed by atoms with Gasteiger partial charge in [-0.2, -0.15) is 5.26 Å². The van der Waals surface area contributed by atoms with Gasteiger partial charge in [0.1, 0.15) is 17.7 Å². The molecule has 1 aromatic carbocycles. The monoisotopic (exact) mass is 438 g/mol. The minimum absolute atomic E-state index is 0.0118. The quantitative estimate of drug-likeness (QED) is 0.745. The summed E-state index contributed by atoms with van der Waals surface area (Å²) in [5, 5.41) is 19.8. The number of halogens is 3. The Morgan fingerprint density at radius 2 is 2.15 bits per heavy atom. The number of benzene rings is 1. The summed E-state index contributed by atoms with van der Waals surface area (Å²) in [5.74, 6) is -1.65. The molecule has 0 aliphatic carbocycles. The minimum Gasteiger partial charge on any atom is -0.345 e. The highest BCUT2D eigenvalue weighted by molar-refractivity contribution is 9.11. The Morgan fingerprint density at radius 1 is 1.46 bits per heavy atom. The van der Waals surface area contributed by atoms with Gasteiger partial charge in [-0.3, -0.25) is 15.1 Å². The van der Waals surface area contributed by atoms with Gasteiger partial charge in [0.05, 0.1) is 26.2 Å². The molecule has 1 aliphatic rings. The number of guanidine groups is 1. The third kappa shape index (κ3) is 2.89. The molecule has 134 valence electrons. The first kappa shape index (κ1) is 18.5. The number of amides is 1. The fourth-order valence-electron chi connectivity index (χ4n) is 2.82. The summed E-state index contributed by atoms with van der Waals surface area (Å²) in [4.78, 5) is 13.6. The molecule has 0 spiro atoms. The van der Waals surface area contributed by atoms with Crippen molar-refractivity contribution in [3.05, 3.63) is 44.1 Å². The fraction of sp³-hybridized carbons (Fsp3) is 0.235. The number of nitriles is 1. The van der Waals surface area contributed by atoms with Crippen molar-refractivity contribution in [1.29, 1.82) is 10.7 Å². The highest BCUT2D eigenvalue weighted by Gasteiger charge is 2.42. The SMILES string of the molecule is CN1C(=N)N[C@](C)(c2sc(Br)c(-c3ccc(F)c(C#N)c3)c2F)CC1=O. The van der Waals surface area contributed by atoms with Gasteiger partial charge in [0, 0.05) is 12.6 Å². The number of carbonyl (C=O) groups is 1. The zero-order valence-electron chi connectivity index (χ0n) is 13.8. The van der Waals surface area contributed by atoms with Gasteiger partial charge in [0.25, 0.3) is 0 Å². The fourth-order valence-corrected chi connectivity index (χ4v) is 4.74. The Labute approximate surface area is 160 Å². The normalized spacial score (nSPS) is 20.1. The molecule has 1 amide bonds. The smallest absolute Gasteiger partial charge is 0.231 e. The van der Waals surface area contributed by atoms with Crippen LogP contribution in [0.15, 0.2) is 22.0 Å². The van der Waals surface area contributed by atoms with E-state index in [1.165, 1.54) is 24.1 Å². The van der Waals surface area contributed by atoms with E-state index < -0.39 is 17.2 Å². The van der Waals surface area contributed by atoms with Crippen LogP contribution in [0.1, 0.15) is 23.8 Å². The Kier molecular flexibility index (Phi) is 4.58. The van der Waals surface area contributed by atoms with E-state index in [4.69, 9.17) is 10.7 Å². The van der Waals surface area contributed by atoms with Gasteiger partial charge < -0.3 is 5.32 Å². The molecule has 0 bridgehead atoms. The molecule has 9 heteroatoms. The Hall–Kier alpha value is -2.31. The van der Waals surface area contributed by atoms with Crippen molar-refractivity contribution in [1.82, 2.24) is 10.2 Å². The van der Waals surface area contributed by atoms with Crippen LogP contribution in [0.25, 0.3) is 11.1 Å². The average molecular weight is 439 g/mol. The van der Waals surface area contributed by atoms with Crippen molar-refractivity contribution in [3.8, 4) is 17.2 Å². The lowest BCUT2D eigenvalue weighted by molar-refractivity contribution is -0.129. The number of nitrogens with zero attached hydrogens (tertiary/aromatic N) is 2. The third-order valence-corrected chi connectivity index (χ3v) is 6.39. The summed E-state index contributed by atoms with van der Waals surface area (Å²) in [6.45, 7) is 1.66. The Bertz CT molecular complexity index is 964. The lowest BCUT2D eigenvalue weighted by atomic mass is 9.91. The second-order valence-corrected chi connectivity index (χ2v) is 8.47. The maximum atomic E-state index is 15.3. The van der Waals surface area contributed by atoms with Gasteiger partial charge >= 0.3 is 0 Å². The number of rotatable bonds is 2. The van der Waals surface area contributed by atoms with E-state index >= 15 is 4.39 Å². The summed E-state index contributed by atoms with van der Waals surface area (Å²) in [6.07, 6.45) is -0.0118. The van der Waals surface area contributed by atoms with Crippen LogP contribution >= 0.6 is 27.3 Å². The molecular formula is C17H13BrF2N4OS. The summed E-state index contributed by atoms with van der Waals surface area (Å²) < 4.78 is 29.3. The van der Waals surface area contributed by atoms with Crippen LogP contribution in [0.3, 0.4) is 0 Å². The minimum atomic E-state index is -1.08. The molecule has 0 saturated carbocycles. The summed E-state index contributed by atoms with van der Waals surface area (Å²) in [7, 11) is 1.48. The highest BCUT2D eigenvalue weighted by Crippen LogP contribution is 2.45. The summed E-state index contributed by atoms with van der Waals surface area (Å²) >= 11 is 4.43. The number of hydrogen-bond acceptors (Lipinski definition) is 4. The van der Waals surface area contributed by atoms with Crippen LogP contribution in [0, 0.1) is 28.4 Å². The molecule has 1 saturated heterocycles. The molecule has 2 aromatic rings. The largest absolute Gasteiger partial charge is 0.345 e. The van der Waals surface area contributed by atoms with Gasteiger partial charge in [-0.25, -0.2) is 8.78 Å². The van der Waals surface area contributed by atoms with Gasteiger partial charge in [-0.05, 0) is 40.5 Å². The maximum Gasteiger partial charge on any atom is 0.231 e. The van der Waals surface area contributed by atoms with Crippen LogP contribution in [-0.2, 0) is 10.3 Å². The topological polar surface area (TPSA) is 80.0 Å². The average Bonchev–Trinajstić information content (AvgIpc) is 2.89. The highest BCUT2D eigenvalue weighted by atomic mass is 79.9. The van der Waals surface area contributed by atoms with Crippen molar-refractivity contribution in [3.63, 3.8) is 0 Å². The Balaban J connectivity index is 2.11. The third-order valence-electron chi connectivity index (χ3n) is 4.29. The van der Waals surface area contributed by atoms with Crippen molar-refractivity contribution < 1.29 is 13.6 Å². The Morgan fingerprint density at radius 3 is 2.77 bits per heavy atom. The van der Waals surface area contributed by atoms with Gasteiger partial charge in [-0.15, -0.1) is 11.3 Å². The molecule has 2 N–H and O–H groups in total. The number of thiophene rings is 1. The van der Waals surface area contributed by atoms with Gasteiger partial charge in [0.2, 0.25) is 5.91 Å². The molecule has 1 atom stereocenters. The lowest BCUT2D eigenvalue weighted by Crippen LogP contribution is -2.58. The first-order chi connectivity index (χ1) is 12.2. The van der Waals surface area contributed by atoms with Crippen LogP contribution in [-0.4, -0.2) is 23.8 Å². The number of carbonyl (C=O) groups excluding carboxylic acids is 1. The predicted molar refractivity (Wildman–Crippen MR) is 97.7 cm³/mol. The lowest BCUT2D eigenvalue weighted by Gasteiger charge is -2.38. The number of nitrogens with one attached hydrogen (secondary N) is 2. The van der Waals surface area contributed by atoms with Crippen molar-refractivity contribution in [2.24, 2.45) is 0 Å². The molecule has 1 aromatic heterocycles. The molecule has 1 fully saturated rings. The van der Waals surface area contributed by atoms with Crippen LogP contribution in [0.4, 0.5) is 8.78 Å². The first-order valence-corrected chi connectivity index (χ1v) is 9.10. The standard InChI is InChI=1S/C17H13BrF2N4OS/c1-17(6-11(25)24(2)16(22)23-17)14-13(20)12(15(18)26-14)8-3-4-10(19)9(5-8)7-21/h3-5H,6H2,1-2H3,(H2,22,23)/t17-/m0/s1. The van der Waals surface area contributed by atoms with Crippen LogP contribution in [0.5, 0.6) is 0 Å². The molecule has 26 heavy (non-hydrogen) atoms. The molecule has 3 rings (SSSR count). The van der Waals surface area contributed by atoms with E-state index in [0.717, 1.165) is 17.4 Å². The van der Waals surface area contributed by atoms with Crippen molar-refractivity contribution in [2.75, 3.05) is 7.05 Å². The summed E-state index contributed by atoms with van der Waals surface area (Å²) in [5.41, 5.74) is -0.703.